The van der Waals surface area contributed by atoms with Crippen LogP contribution in [0.1, 0.15) is 25.5 Å². The molecule has 4 heterocycles. The topological polar surface area (TPSA) is 99.3 Å². The van der Waals surface area contributed by atoms with E-state index in [4.69, 9.17) is 4.74 Å². The van der Waals surface area contributed by atoms with Crippen LogP contribution >= 0.6 is 11.3 Å². The first-order valence-electron chi connectivity index (χ1n) is 9.28. The molecule has 9 nitrogen and oxygen atoms in total. The number of rotatable bonds is 3. The first-order valence-corrected chi connectivity index (χ1v) is 10.1. The van der Waals surface area contributed by atoms with Crippen LogP contribution in [0, 0.1) is 6.92 Å². The second-order valence-electron chi connectivity index (χ2n) is 7.33. The van der Waals surface area contributed by atoms with E-state index in [1.807, 2.05) is 11.8 Å². The molecule has 2 aromatic heterocycles. The van der Waals surface area contributed by atoms with Crippen molar-refractivity contribution in [2.24, 2.45) is 0 Å². The number of carbonyl (C=O) groups excluding carboxylic acids is 1. The smallest absolute Gasteiger partial charge is 0.323 e. The van der Waals surface area contributed by atoms with Gasteiger partial charge in [0.05, 0.1) is 25.0 Å². The Labute approximate surface area is 162 Å². The van der Waals surface area contributed by atoms with Crippen LogP contribution < -0.4 is 5.32 Å². The molecule has 0 aliphatic carbocycles. The van der Waals surface area contributed by atoms with Gasteiger partial charge in [0.25, 0.3) is 0 Å². The number of aryl methyl sites for hydroxylation is 1. The normalized spacial score (nSPS) is 20.6. The Kier molecular flexibility index (Phi) is 5.11. The maximum absolute atomic E-state index is 12.6. The van der Waals surface area contributed by atoms with E-state index in [1.165, 1.54) is 11.3 Å². The van der Waals surface area contributed by atoms with Gasteiger partial charge in [-0.15, -0.1) is 10.2 Å². The summed E-state index contributed by atoms with van der Waals surface area (Å²) in [5, 5.41) is 19.3. The summed E-state index contributed by atoms with van der Waals surface area (Å²) in [6.45, 7) is 9.27. The molecule has 2 fully saturated rings. The molecule has 0 aromatic carbocycles. The lowest BCUT2D eigenvalue weighted by Crippen LogP contribution is -2.57. The standard InChI is InChI=1S/C17H25N7O2S/c1-12-13(11-18-20-12)14-21-22-15(27-14)19-16(25)23-5-3-17(2,4-6-23)24-7-9-26-10-8-24/h11H,3-10H2,1-2H3,(H,18,20)(H,19,22,25). The monoisotopic (exact) mass is 391 g/mol. The quantitative estimate of drug-likeness (QED) is 0.830. The number of H-pyrrole nitrogens is 1. The van der Waals surface area contributed by atoms with Gasteiger partial charge in [-0.05, 0) is 26.7 Å². The molecule has 0 radical (unpaired) electrons. The summed E-state index contributed by atoms with van der Waals surface area (Å²) in [5.74, 6) is 0. The Bertz CT molecular complexity index is 791. The van der Waals surface area contributed by atoms with Crippen LogP contribution in [0.15, 0.2) is 6.20 Å². The molecule has 2 aliphatic rings. The highest BCUT2D eigenvalue weighted by atomic mass is 32.1. The second kappa shape index (κ2) is 7.53. The maximum Gasteiger partial charge on any atom is 0.323 e. The Morgan fingerprint density at radius 2 is 2.00 bits per heavy atom. The summed E-state index contributed by atoms with van der Waals surface area (Å²) in [4.78, 5) is 17.0. The predicted molar refractivity (Wildman–Crippen MR) is 103 cm³/mol. The number of nitrogens with one attached hydrogen (secondary N) is 2. The summed E-state index contributed by atoms with van der Waals surface area (Å²) < 4.78 is 5.46. The molecule has 146 valence electrons. The molecule has 2 N–H and O–H groups in total. The van der Waals surface area contributed by atoms with E-state index in [-0.39, 0.29) is 11.6 Å². The van der Waals surface area contributed by atoms with Crippen molar-refractivity contribution >= 4 is 22.5 Å². The molecule has 2 saturated heterocycles. The first-order chi connectivity index (χ1) is 13.0. The van der Waals surface area contributed by atoms with E-state index in [2.05, 4.69) is 37.5 Å². The number of morpholine rings is 1. The van der Waals surface area contributed by atoms with Crippen molar-refractivity contribution in [2.75, 3.05) is 44.7 Å². The van der Waals surface area contributed by atoms with Gasteiger partial charge in [-0.2, -0.15) is 5.10 Å². The van der Waals surface area contributed by atoms with Gasteiger partial charge in [0.1, 0.15) is 0 Å². The number of amides is 2. The number of anilines is 1. The van der Waals surface area contributed by atoms with Crippen LogP contribution in [-0.4, -0.2) is 81.2 Å². The summed E-state index contributed by atoms with van der Waals surface area (Å²) in [7, 11) is 0. The largest absolute Gasteiger partial charge is 0.379 e. The van der Waals surface area contributed by atoms with Crippen LogP contribution in [0.5, 0.6) is 0 Å². The van der Waals surface area contributed by atoms with Crippen molar-refractivity contribution < 1.29 is 9.53 Å². The molecule has 2 amide bonds. The number of hydrogen-bond donors (Lipinski definition) is 2. The number of ether oxygens (including phenoxy) is 1. The molecule has 0 atom stereocenters. The van der Waals surface area contributed by atoms with Crippen LogP contribution in [0.2, 0.25) is 0 Å². The average molecular weight is 392 g/mol. The van der Waals surface area contributed by atoms with Crippen molar-refractivity contribution in [3.63, 3.8) is 0 Å². The number of urea groups is 1. The van der Waals surface area contributed by atoms with Crippen LogP contribution in [0.4, 0.5) is 9.93 Å². The Morgan fingerprint density at radius 3 is 2.67 bits per heavy atom. The third-order valence-corrected chi connectivity index (χ3v) is 6.47. The molecule has 2 aliphatic heterocycles. The summed E-state index contributed by atoms with van der Waals surface area (Å²) in [6, 6.07) is -0.106. The number of aromatic amines is 1. The predicted octanol–water partition coefficient (Wildman–Crippen LogP) is 1.96. The van der Waals surface area contributed by atoms with Crippen LogP contribution in [0.3, 0.4) is 0 Å². The minimum atomic E-state index is -0.106. The highest BCUT2D eigenvalue weighted by Gasteiger charge is 2.37. The Balaban J connectivity index is 1.33. The lowest BCUT2D eigenvalue weighted by Gasteiger charge is -2.48. The Hall–Kier alpha value is -2.04. The minimum Gasteiger partial charge on any atom is -0.379 e. The molecule has 0 bridgehead atoms. The Morgan fingerprint density at radius 1 is 1.26 bits per heavy atom. The van der Waals surface area contributed by atoms with Crippen molar-refractivity contribution in [3.05, 3.63) is 11.9 Å². The van der Waals surface area contributed by atoms with E-state index in [0.29, 0.717) is 5.13 Å². The van der Waals surface area contributed by atoms with Gasteiger partial charge < -0.3 is 9.64 Å². The fourth-order valence-electron chi connectivity index (χ4n) is 3.73. The van der Waals surface area contributed by atoms with Gasteiger partial charge in [0.2, 0.25) is 5.13 Å². The SMILES string of the molecule is Cc1[nH]ncc1-c1nnc(NC(=O)N2CCC(C)(N3CCOCC3)CC2)s1. The number of carbonyl (C=O) groups is 1. The third kappa shape index (κ3) is 3.83. The number of piperidine rings is 1. The molecule has 10 heteroatoms. The average Bonchev–Trinajstić information content (AvgIpc) is 3.31. The molecular weight excluding hydrogens is 366 g/mol. The molecule has 4 rings (SSSR count). The van der Waals surface area contributed by atoms with Gasteiger partial charge >= 0.3 is 6.03 Å². The summed E-state index contributed by atoms with van der Waals surface area (Å²) in [5.41, 5.74) is 1.99. The van der Waals surface area contributed by atoms with Crippen molar-refractivity contribution in [1.29, 1.82) is 0 Å². The number of likely N-dealkylation sites (tertiary alicyclic amines) is 1. The summed E-state index contributed by atoms with van der Waals surface area (Å²) in [6.07, 6.45) is 3.66. The molecule has 27 heavy (non-hydrogen) atoms. The zero-order valence-corrected chi connectivity index (χ0v) is 16.5. The lowest BCUT2D eigenvalue weighted by molar-refractivity contribution is -0.0352. The maximum atomic E-state index is 12.6. The van der Waals surface area contributed by atoms with Gasteiger partial charge in [0.15, 0.2) is 5.01 Å². The third-order valence-electron chi connectivity index (χ3n) is 5.60. The fraction of sp³-hybridized carbons (Fsp3) is 0.647. The summed E-state index contributed by atoms with van der Waals surface area (Å²) >= 11 is 1.36. The lowest BCUT2D eigenvalue weighted by atomic mass is 9.87. The number of aromatic nitrogens is 4. The van der Waals surface area contributed by atoms with E-state index < -0.39 is 0 Å². The van der Waals surface area contributed by atoms with Crippen LogP contribution in [-0.2, 0) is 4.74 Å². The zero-order valence-electron chi connectivity index (χ0n) is 15.7. The van der Waals surface area contributed by atoms with E-state index in [1.54, 1.807) is 6.20 Å². The van der Waals surface area contributed by atoms with Gasteiger partial charge in [0, 0.05) is 37.4 Å². The molecule has 2 aromatic rings. The molecule has 0 spiro atoms. The fourth-order valence-corrected chi connectivity index (χ4v) is 4.53. The van der Waals surface area contributed by atoms with E-state index in [9.17, 15) is 4.79 Å². The van der Waals surface area contributed by atoms with E-state index in [0.717, 1.165) is 68.5 Å². The van der Waals surface area contributed by atoms with Crippen molar-refractivity contribution in [3.8, 4) is 10.6 Å². The van der Waals surface area contributed by atoms with Crippen LogP contribution in [0.25, 0.3) is 10.6 Å². The van der Waals surface area contributed by atoms with Crippen molar-refractivity contribution in [1.82, 2.24) is 30.2 Å². The first kappa shape index (κ1) is 18.3. The molecule has 0 unspecified atom stereocenters. The van der Waals surface area contributed by atoms with Gasteiger partial charge in [-0.25, -0.2) is 4.79 Å². The van der Waals surface area contributed by atoms with Gasteiger partial charge in [-0.3, -0.25) is 15.3 Å². The zero-order chi connectivity index (χ0) is 18.9. The molecule has 0 saturated carbocycles. The molecular formula is C17H25N7O2S. The van der Waals surface area contributed by atoms with Gasteiger partial charge in [-0.1, -0.05) is 11.3 Å². The number of hydrogen-bond acceptors (Lipinski definition) is 7. The van der Waals surface area contributed by atoms with E-state index >= 15 is 0 Å². The highest BCUT2D eigenvalue weighted by Crippen LogP contribution is 2.31. The number of nitrogens with zero attached hydrogens (tertiary/aromatic N) is 5. The van der Waals surface area contributed by atoms with Crippen molar-refractivity contribution in [2.45, 2.75) is 32.2 Å². The second-order valence-corrected chi connectivity index (χ2v) is 8.31. The highest BCUT2D eigenvalue weighted by molar-refractivity contribution is 7.18. The minimum absolute atomic E-state index is 0.106.